The molecular weight excluding hydrogens is 199 g/mol. The van der Waals surface area contributed by atoms with Crippen LogP contribution in [0.5, 0.6) is 0 Å². The van der Waals surface area contributed by atoms with Crippen molar-refractivity contribution in [3.63, 3.8) is 0 Å². The number of rotatable bonds is 0. The molecule has 0 aromatic heterocycles. The predicted molar refractivity (Wildman–Crippen MR) is 11.2 cm³/mol. The maximum Gasteiger partial charge on any atom is 4.00 e. The van der Waals surface area contributed by atoms with E-state index in [4.69, 9.17) is 17.5 Å². The minimum absolute atomic E-state index is 0. The van der Waals surface area contributed by atoms with Gasteiger partial charge in [-0.2, -0.15) is 0 Å². The molecule has 0 aromatic rings. The second kappa shape index (κ2) is 9.18. The summed E-state index contributed by atoms with van der Waals surface area (Å²) in [4.78, 5) is 0. The Morgan fingerprint density at radius 2 is 1.12 bits per heavy atom. The number of hydrogen-bond acceptors (Lipinski definition) is 4. The van der Waals surface area contributed by atoms with Crippen LogP contribution in [0.3, 0.4) is 0 Å². The van der Waals surface area contributed by atoms with Gasteiger partial charge in [0.1, 0.15) is 0 Å². The molecule has 0 aliphatic carbocycles. The average molecular weight is 199 g/mol. The van der Waals surface area contributed by atoms with Crippen LogP contribution in [0, 0.1) is 0 Å². The molecule has 0 spiro atoms. The summed E-state index contributed by atoms with van der Waals surface area (Å²) >= 11 is 0. The molecule has 0 bridgehead atoms. The Labute approximate surface area is 104 Å². The van der Waals surface area contributed by atoms with Crippen LogP contribution in [-0.2, 0) is 37.6 Å². The molecule has 0 unspecified atom stereocenters. The van der Waals surface area contributed by atoms with Crippen molar-refractivity contribution < 1.29 is 96.1 Å². The van der Waals surface area contributed by atoms with Crippen molar-refractivity contribution in [1.29, 1.82) is 0 Å². The Morgan fingerprint density at radius 3 is 1.12 bits per heavy atom. The summed E-state index contributed by atoms with van der Waals surface area (Å²) in [5.74, 6) is 0. The van der Waals surface area contributed by atoms with Crippen molar-refractivity contribution >= 4 is 10.4 Å². The SMILES string of the molecule is O=S(=O)([O-])[O-].[K+].[O-2].[Ti+4]. The van der Waals surface area contributed by atoms with Gasteiger partial charge in [-0.3, -0.25) is 8.42 Å². The van der Waals surface area contributed by atoms with Gasteiger partial charge in [0.2, 0.25) is 0 Å². The molecule has 5 nitrogen and oxygen atoms in total. The van der Waals surface area contributed by atoms with Crippen LogP contribution in [0.2, 0.25) is 0 Å². The molecule has 8 heteroatoms. The van der Waals surface area contributed by atoms with Crippen LogP contribution in [0.15, 0.2) is 0 Å². The third kappa shape index (κ3) is 88.7. The Kier molecular flexibility index (Phi) is 25.8. The van der Waals surface area contributed by atoms with E-state index in [9.17, 15) is 0 Å². The summed E-state index contributed by atoms with van der Waals surface area (Å²) in [6, 6.07) is 0. The molecular formula is KO5STi+. The fourth-order valence-corrected chi connectivity index (χ4v) is 0. The van der Waals surface area contributed by atoms with E-state index >= 15 is 0 Å². The minimum atomic E-state index is -5.17. The molecule has 0 saturated heterocycles. The summed E-state index contributed by atoms with van der Waals surface area (Å²) in [6.07, 6.45) is 0. The predicted octanol–water partition coefficient (Wildman–Crippen LogP) is -4.46. The van der Waals surface area contributed by atoms with Crippen molar-refractivity contribution in [3.8, 4) is 0 Å². The van der Waals surface area contributed by atoms with Gasteiger partial charge >= 0.3 is 73.1 Å². The van der Waals surface area contributed by atoms with Crippen LogP contribution in [0.1, 0.15) is 0 Å². The van der Waals surface area contributed by atoms with Gasteiger partial charge in [0.25, 0.3) is 0 Å². The van der Waals surface area contributed by atoms with E-state index in [1.165, 1.54) is 0 Å². The largest absolute Gasteiger partial charge is 4.00 e. The van der Waals surface area contributed by atoms with Gasteiger partial charge in [-0.15, -0.1) is 0 Å². The van der Waals surface area contributed by atoms with Crippen LogP contribution in [-0.4, -0.2) is 17.5 Å². The standard InChI is InChI=1S/K.H2O4S.O.Ti/c;1-5(2,3)4;;/h;(H2,1,2,3,4);;/q+1;;-2;+4/p-2. The minimum Gasteiger partial charge on any atom is -2.00 e. The van der Waals surface area contributed by atoms with E-state index in [0.29, 0.717) is 0 Å². The molecule has 0 aliphatic rings. The van der Waals surface area contributed by atoms with Crippen LogP contribution >= 0.6 is 0 Å². The average Bonchev–Trinajstić information content (AvgIpc) is 0.722. The Balaban J connectivity index is -0.0000000267. The molecule has 0 saturated carbocycles. The maximum absolute atomic E-state index is 8.52. The first kappa shape index (κ1) is 22.5. The van der Waals surface area contributed by atoms with Gasteiger partial charge in [0.15, 0.2) is 0 Å². The molecule has 8 heavy (non-hydrogen) atoms. The zero-order valence-corrected chi connectivity index (χ0v) is 9.45. The van der Waals surface area contributed by atoms with Crippen molar-refractivity contribution in [2.75, 3.05) is 0 Å². The quantitative estimate of drug-likeness (QED) is 0.222. The van der Waals surface area contributed by atoms with Crippen LogP contribution in [0.25, 0.3) is 0 Å². The zero-order valence-electron chi connectivity index (χ0n) is 3.95. The van der Waals surface area contributed by atoms with Crippen molar-refractivity contribution in [2.24, 2.45) is 0 Å². The molecule has 0 amide bonds. The summed E-state index contributed by atoms with van der Waals surface area (Å²) < 4.78 is 34.1. The summed E-state index contributed by atoms with van der Waals surface area (Å²) in [6.45, 7) is 0. The second-order valence-corrected chi connectivity index (χ2v) is 1.22. The smallest absolute Gasteiger partial charge is 2.00 e. The van der Waals surface area contributed by atoms with E-state index in [0.717, 1.165) is 0 Å². The molecule has 0 atom stereocenters. The second-order valence-electron chi connectivity index (χ2n) is 0.408. The Bertz CT molecular complexity index is 95.6. The first-order valence-electron chi connectivity index (χ1n) is 0.667. The normalized spacial score (nSPS) is 7.25. The molecule has 40 valence electrons. The zero-order chi connectivity index (χ0) is 4.50. The van der Waals surface area contributed by atoms with Crippen molar-refractivity contribution in [1.82, 2.24) is 0 Å². The third-order valence-corrected chi connectivity index (χ3v) is 0. The maximum atomic E-state index is 8.52. The monoisotopic (exact) mass is 199 g/mol. The molecule has 0 aliphatic heterocycles. The number of hydrogen-bond donors (Lipinski definition) is 0. The van der Waals surface area contributed by atoms with Gasteiger partial charge in [-0.1, -0.05) is 0 Å². The molecule has 0 N–H and O–H groups in total. The van der Waals surface area contributed by atoms with Gasteiger partial charge in [-0.25, -0.2) is 0 Å². The molecule has 0 rings (SSSR count). The molecule has 0 aromatic carbocycles. The Morgan fingerprint density at radius 1 is 1.12 bits per heavy atom. The van der Waals surface area contributed by atoms with E-state index < -0.39 is 10.4 Å². The first-order chi connectivity index (χ1) is 2.00. The summed E-state index contributed by atoms with van der Waals surface area (Å²) in [5, 5.41) is 0. The van der Waals surface area contributed by atoms with E-state index in [1.807, 2.05) is 0 Å². The van der Waals surface area contributed by atoms with Gasteiger partial charge in [0.05, 0.1) is 0 Å². The molecule has 0 heterocycles. The first-order valence-corrected chi connectivity index (χ1v) is 2.00. The van der Waals surface area contributed by atoms with Crippen LogP contribution in [0.4, 0.5) is 0 Å². The summed E-state index contributed by atoms with van der Waals surface area (Å²) in [5.41, 5.74) is 0. The van der Waals surface area contributed by atoms with E-state index in [2.05, 4.69) is 0 Å². The van der Waals surface area contributed by atoms with E-state index in [1.54, 1.807) is 0 Å². The summed E-state index contributed by atoms with van der Waals surface area (Å²) in [7, 11) is -5.17. The fourth-order valence-electron chi connectivity index (χ4n) is 0. The van der Waals surface area contributed by atoms with Gasteiger partial charge < -0.3 is 14.6 Å². The van der Waals surface area contributed by atoms with Crippen molar-refractivity contribution in [3.05, 3.63) is 0 Å². The third-order valence-electron chi connectivity index (χ3n) is 0. The molecule has 0 fully saturated rings. The van der Waals surface area contributed by atoms with Crippen molar-refractivity contribution in [2.45, 2.75) is 0 Å². The molecule has 0 radical (unpaired) electrons. The van der Waals surface area contributed by atoms with Crippen LogP contribution < -0.4 is 51.4 Å². The van der Waals surface area contributed by atoms with E-state index in [-0.39, 0.29) is 78.6 Å². The fraction of sp³-hybridized carbons (Fsp3) is 0. The topological polar surface area (TPSA) is 109 Å². The van der Waals surface area contributed by atoms with Gasteiger partial charge in [-0.05, 0) is 0 Å². The Hall–Kier alpha value is 2.18. The van der Waals surface area contributed by atoms with Gasteiger partial charge in [0, 0.05) is 10.4 Å².